The Labute approximate surface area is 241 Å². The van der Waals surface area contributed by atoms with Gasteiger partial charge in [0.05, 0.1) is 5.57 Å². The number of allylic oxidation sites excluding steroid dienone is 2. The first-order chi connectivity index (χ1) is 19.4. The van der Waals surface area contributed by atoms with Crippen LogP contribution in [-0.2, 0) is 32.6 Å². The van der Waals surface area contributed by atoms with Gasteiger partial charge in [-0.25, -0.2) is 4.57 Å². The number of nitrogens with one attached hydrogen (secondary N) is 3. The van der Waals surface area contributed by atoms with Crippen LogP contribution in [-0.4, -0.2) is 47.6 Å². The van der Waals surface area contributed by atoms with Crippen molar-refractivity contribution in [1.82, 2.24) is 16.0 Å². The lowest BCUT2D eigenvalue weighted by Gasteiger charge is -2.34. The summed E-state index contributed by atoms with van der Waals surface area (Å²) in [5.74, 6) is -1.81. The first-order valence-corrected chi connectivity index (χ1v) is 14.3. The normalized spacial score (nSPS) is 21.1. The number of pyridine rings is 1. The Balaban J connectivity index is 1.79. The van der Waals surface area contributed by atoms with Crippen LogP contribution in [0.25, 0.3) is 0 Å². The Bertz CT molecular complexity index is 1220. The number of hydrogen-bond donors (Lipinski definition) is 6. The van der Waals surface area contributed by atoms with E-state index in [9.17, 15) is 19.2 Å². The van der Waals surface area contributed by atoms with Crippen molar-refractivity contribution in [2.75, 3.05) is 0 Å². The zero-order chi connectivity index (χ0) is 30.2. The second-order valence-corrected chi connectivity index (χ2v) is 11.7. The van der Waals surface area contributed by atoms with Gasteiger partial charge in [0.15, 0.2) is 12.4 Å². The molecule has 0 aliphatic heterocycles. The number of carbonyl (C=O) groups is 4. The van der Waals surface area contributed by atoms with Gasteiger partial charge < -0.3 is 21.7 Å². The summed E-state index contributed by atoms with van der Waals surface area (Å²) in [7, 11) is 1.87. The molecule has 41 heavy (non-hydrogen) atoms. The van der Waals surface area contributed by atoms with E-state index in [1.165, 1.54) is 6.92 Å². The fraction of sp³-hybridized carbons (Fsp3) is 0.533. The summed E-state index contributed by atoms with van der Waals surface area (Å²) in [5, 5.41) is 14.2. The summed E-state index contributed by atoms with van der Waals surface area (Å²) in [6, 6.07) is 1.01. The summed E-state index contributed by atoms with van der Waals surface area (Å²) < 4.78 is 1.85. The van der Waals surface area contributed by atoms with Crippen LogP contribution >= 0.6 is 0 Å². The van der Waals surface area contributed by atoms with Crippen molar-refractivity contribution in [1.29, 1.82) is 0 Å². The van der Waals surface area contributed by atoms with Gasteiger partial charge in [0, 0.05) is 25.0 Å². The van der Waals surface area contributed by atoms with Crippen molar-refractivity contribution < 1.29 is 29.2 Å². The molecule has 2 aliphatic rings. The lowest BCUT2D eigenvalue weighted by atomic mass is 9.76. The van der Waals surface area contributed by atoms with Crippen LogP contribution < -0.4 is 37.4 Å². The number of nitrogens with two attached hydrogens (primary N) is 3. The monoisotopic (exact) mass is 567 g/mol. The summed E-state index contributed by atoms with van der Waals surface area (Å²) >= 11 is 0. The van der Waals surface area contributed by atoms with E-state index in [1.807, 2.05) is 61.3 Å². The van der Waals surface area contributed by atoms with Crippen LogP contribution in [0.15, 0.2) is 48.3 Å². The maximum absolute atomic E-state index is 13.7. The summed E-state index contributed by atoms with van der Waals surface area (Å²) in [6.07, 6.45) is 15.0. The standard InChI is InChI=1S/C30H43N7O4/c1-19(38)34-24(17-30(2)13-11-22(12-14-30)26(31)32)28(40)36-25(21-9-5-4-6-10-21)29(41)35-23(27(33)39)16-20-8-7-15-37(3)18-20/h7-8,11-13,15,18,21,23-25H,4-6,9-10,14,16-17H2,1-3H3,(H7-,31,32,33,34,35,36,38,39,40,41)/p+2/t23-,24-,25?,30?/m0/s1. The molecule has 4 atom stereocenters. The molecule has 4 amide bonds. The van der Waals surface area contributed by atoms with Crippen molar-refractivity contribution in [2.45, 2.75) is 83.3 Å². The van der Waals surface area contributed by atoms with Crippen molar-refractivity contribution in [3.63, 3.8) is 0 Å². The third-order valence-corrected chi connectivity index (χ3v) is 7.95. The molecule has 0 spiro atoms. The van der Waals surface area contributed by atoms with E-state index < -0.39 is 41.3 Å². The molecule has 1 fully saturated rings. The molecule has 1 aromatic rings. The Kier molecular flexibility index (Phi) is 10.8. The second-order valence-electron chi connectivity index (χ2n) is 11.7. The molecule has 0 aromatic carbocycles. The average molecular weight is 568 g/mol. The SMILES string of the molecule is CC(=O)N[C@@H](CC1(C)C=CC(C(N)=[NH2+])=CC1)C(=O)NC(C(=O)N[C@@H](Cc1ccc[n+](C)c1)C(N)=O)C1CCCCC1. The minimum Gasteiger partial charge on any atom is -0.368 e. The number of hydrogen-bond acceptors (Lipinski definition) is 4. The van der Waals surface area contributed by atoms with E-state index in [0.29, 0.717) is 12.8 Å². The van der Waals surface area contributed by atoms with Gasteiger partial charge in [-0.3, -0.25) is 30.3 Å². The van der Waals surface area contributed by atoms with Gasteiger partial charge in [-0.15, -0.1) is 0 Å². The third kappa shape index (κ3) is 9.26. The molecule has 0 bridgehead atoms. The molecule has 0 saturated heterocycles. The maximum Gasteiger partial charge on any atom is 0.270 e. The van der Waals surface area contributed by atoms with Gasteiger partial charge in [-0.2, -0.15) is 0 Å². The largest absolute Gasteiger partial charge is 0.368 e. The number of aromatic nitrogens is 1. The zero-order valence-electron chi connectivity index (χ0n) is 24.3. The molecule has 11 nitrogen and oxygen atoms in total. The van der Waals surface area contributed by atoms with Crippen LogP contribution in [0.2, 0.25) is 0 Å². The van der Waals surface area contributed by atoms with E-state index >= 15 is 0 Å². The average Bonchev–Trinajstić information content (AvgIpc) is 2.91. The molecule has 2 unspecified atom stereocenters. The Morgan fingerprint density at radius 3 is 2.34 bits per heavy atom. The predicted molar refractivity (Wildman–Crippen MR) is 154 cm³/mol. The van der Waals surface area contributed by atoms with Crippen LogP contribution in [0.5, 0.6) is 0 Å². The highest BCUT2D eigenvalue weighted by atomic mass is 16.2. The van der Waals surface area contributed by atoms with E-state index in [1.54, 1.807) is 0 Å². The predicted octanol–water partition coefficient (Wildman–Crippen LogP) is -1.01. The molecular weight excluding hydrogens is 522 g/mol. The number of carbonyl (C=O) groups excluding carboxylic acids is 4. The van der Waals surface area contributed by atoms with Gasteiger partial charge in [0.2, 0.25) is 23.6 Å². The zero-order valence-corrected chi connectivity index (χ0v) is 24.3. The fourth-order valence-electron chi connectivity index (χ4n) is 5.67. The number of rotatable bonds is 12. The van der Waals surface area contributed by atoms with Crippen molar-refractivity contribution in [2.24, 2.45) is 29.8 Å². The van der Waals surface area contributed by atoms with Crippen molar-refractivity contribution in [3.8, 4) is 0 Å². The topological polar surface area (TPSA) is 186 Å². The maximum atomic E-state index is 13.7. The first kappa shape index (κ1) is 31.5. The summed E-state index contributed by atoms with van der Waals surface area (Å²) in [4.78, 5) is 51.8. The Morgan fingerprint density at radius 1 is 1.07 bits per heavy atom. The molecule has 0 radical (unpaired) electrons. The molecule has 2 aliphatic carbocycles. The van der Waals surface area contributed by atoms with Crippen LogP contribution in [0.1, 0.15) is 64.4 Å². The molecule has 1 aromatic heterocycles. The molecule has 9 N–H and O–H groups in total. The number of aryl methyl sites for hydroxylation is 1. The minimum atomic E-state index is -0.946. The first-order valence-electron chi connectivity index (χ1n) is 14.3. The quantitative estimate of drug-likeness (QED) is 0.107. The second kappa shape index (κ2) is 14.0. The number of primary amides is 1. The van der Waals surface area contributed by atoms with E-state index in [0.717, 1.165) is 43.2 Å². The summed E-state index contributed by atoms with van der Waals surface area (Å²) in [6.45, 7) is 3.34. The van der Waals surface area contributed by atoms with Gasteiger partial charge in [0.1, 0.15) is 25.2 Å². The lowest BCUT2D eigenvalue weighted by Crippen LogP contribution is -2.59. The van der Waals surface area contributed by atoms with Crippen LogP contribution in [0.3, 0.4) is 0 Å². The Morgan fingerprint density at radius 2 is 1.78 bits per heavy atom. The van der Waals surface area contributed by atoms with E-state index in [2.05, 4.69) is 16.0 Å². The van der Waals surface area contributed by atoms with E-state index in [4.69, 9.17) is 16.9 Å². The van der Waals surface area contributed by atoms with Crippen LogP contribution in [0, 0.1) is 11.3 Å². The molecule has 3 rings (SSSR count). The highest BCUT2D eigenvalue weighted by molar-refractivity contribution is 5.95. The van der Waals surface area contributed by atoms with Gasteiger partial charge in [-0.1, -0.05) is 44.4 Å². The van der Waals surface area contributed by atoms with E-state index in [-0.39, 0.29) is 24.1 Å². The number of amidine groups is 1. The molecule has 1 saturated carbocycles. The smallest absolute Gasteiger partial charge is 0.270 e. The molecule has 11 heteroatoms. The highest BCUT2D eigenvalue weighted by Gasteiger charge is 2.37. The number of nitrogens with zero attached hydrogens (tertiary/aromatic N) is 1. The third-order valence-electron chi connectivity index (χ3n) is 7.95. The Hall–Kier alpha value is -4.02. The van der Waals surface area contributed by atoms with Gasteiger partial charge in [0.25, 0.3) is 5.84 Å². The van der Waals surface area contributed by atoms with Gasteiger partial charge in [-0.05, 0) is 43.1 Å². The molecule has 222 valence electrons. The molecular formula is C30H45N7O4+2. The minimum absolute atomic E-state index is 0.104. The van der Waals surface area contributed by atoms with Crippen molar-refractivity contribution >= 4 is 29.5 Å². The van der Waals surface area contributed by atoms with Gasteiger partial charge >= 0.3 is 0 Å². The molecule has 1 heterocycles. The number of amides is 4. The highest BCUT2D eigenvalue weighted by Crippen LogP contribution is 2.34. The van der Waals surface area contributed by atoms with Crippen LogP contribution in [0.4, 0.5) is 0 Å². The lowest BCUT2D eigenvalue weighted by molar-refractivity contribution is -0.671. The summed E-state index contributed by atoms with van der Waals surface area (Å²) in [5.41, 5.74) is 12.5. The van der Waals surface area contributed by atoms with Crippen molar-refractivity contribution in [3.05, 3.63) is 53.9 Å². The fourth-order valence-corrected chi connectivity index (χ4v) is 5.67.